The minimum atomic E-state index is -0.968. The summed E-state index contributed by atoms with van der Waals surface area (Å²) in [6.07, 6.45) is -0.144. The zero-order valence-electron chi connectivity index (χ0n) is 10.6. The van der Waals surface area contributed by atoms with Gasteiger partial charge in [-0.1, -0.05) is 0 Å². The van der Waals surface area contributed by atoms with E-state index in [0.29, 0.717) is 19.8 Å². The molecule has 1 N–H and O–H groups in total. The van der Waals surface area contributed by atoms with E-state index < -0.39 is 5.97 Å². The summed E-state index contributed by atoms with van der Waals surface area (Å²) in [6.45, 7) is 3.15. The number of carbonyl (C=O) groups excluding carboxylic acids is 1. The standard InChI is InChI=1S/C11H21NO5/c1-9(8-17-3)12(6-7-16-2)10(13)4-5-11(14)15/h9H,4-8H2,1-3H3,(H,14,15). The van der Waals surface area contributed by atoms with Gasteiger partial charge in [0, 0.05) is 27.2 Å². The summed E-state index contributed by atoms with van der Waals surface area (Å²) in [5.41, 5.74) is 0. The first-order valence-corrected chi connectivity index (χ1v) is 5.52. The molecule has 0 aromatic rings. The van der Waals surface area contributed by atoms with Crippen molar-refractivity contribution in [3.8, 4) is 0 Å². The van der Waals surface area contributed by atoms with Gasteiger partial charge >= 0.3 is 5.97 Å². The van der Waals surface area contributed by atoms with Crippen LogP contribution in [0.4, 0.5) is 0 Å². The highest BCUT2D eigenvalue weighted by molar-refractivity contribution is 5.80. The van der Waals surface area contributed by atoms with E-state index in [9.17, 15) is 9.59 Å². The molecule has 100 valence electrons. The zero-order valence-corrected chi connectivity index (χ0v) is 10.6. The molecular weight excluding hydrogens is 226 g/mol. The lowest BCUT2D eigenvalue weighted by molar-refractivity contribution is -0.142. The molecule has 17 heavy (non-hydrogen) atoms. The van der Waals surface area contributed by atoms with Crippen molar-refractivity contribution >= 4 is 11.9 Å². The highest BCUT2D eigenvalue weighted by Gasteiger charge is 2.20. The molecule has 0 aliphatic rings. The first-order chi connectivity index (χ1) is 8.02. The van der Waals surface area contributed by atoms with Gasteiger partial charge in [-0.25, -0.2) is 0 Å². The maximum Gasteiger partial charge on any atom is 0.303 e. The molecule has 0 heterocycles. The van der Waals surface area contributed by atoms with Crippen molar-refractivity contribution in [1.82, 2.24) is 4.90 Å². The van der Waals surface area contributed by atoms with Gasteiger partial charge in [0.05, 0.1) is 25.7 Å². The van der Waals surface area contributed by atoms with Crippen molar-refractivity contribution in [2.45, 2.75) is 25.8 Å². The van der Waals surface area contributed by atoms with Crippen molar-refractivity contribution in [3.63, 3.8) is 0 Å². The van der Waals surface area contributed by atoms with Crippen molar-refractivity contribution in [2.24, 2.45) is 0 Å². The fourth-order valence-electron chi connectivity index (χ4n) is 1.47. The highest BCUT2D eigenvalue weighted by Crippen LogP contribution is 2.05. The predicted molar refractivity (Wildman–Crippen MR) is 61.8 cm³/mol. The van der Waals surface area contributed by atoms with E-state index in [1.54, 1.807) is 19.1 Å². The van der Waals surface area contributed by atoms with Crippen molar-refractivity contribution in [3.05, 3.63) is 0 Å². The Morgan fingerprint density at radius 1 is 1.24 bits per heavy atom. The normalized spacial score (nSPS) is 12.2. The molecule has 0 saturated heterocycles. The molecule has 0 radical (unpaired) electrons. The third-order valence-corrected chi connectivity index (χ3v) is 2.35. The van der Waals surface area contributed by atoms with E-state index in [1.807, 2.05) is 6.92 Å². The summed E-state index contributed by atoms with van der Waals surface area (Å²) in [4.78, 5) is 23.8. The van der Waals surface area contributed by atoms with Crippen LogP contribution in [0.1, 0.15) is 19.8 Å². The van der Waals surface area contributed by atoms with Gasteiger partial charge < -0.3 is 19.5 Å². The van der Waals surface area contributed by atoms with Crippen molar-refractivity contribution in [2.75, 3.05) is 34.0 Å². The number of rotatable bonds is 9. The van der Waals surface area contributed by atoms with Crippen LogP contribution in [-0.2, 0) is 19.1 Å². The number of amides is 1. The van der Waals surface area contributed by atoms with E-state index in [0.717, 1.165) is 0 Å². The third kappa shape index (κ3) is 6.91. The topological polar surface area (TPSA) is 76.1 Å². The molecule has 1 amide bonds. The van der Waals surface area contributed by atoms with Crippen LogP contribution < -0.4 is 0 Å². The van der Waals surface area contributed by atoms with Crippen LogP contribution in [0.15, 0.2) is 0 Å². The Morgan fingerprint density at radius 2 is 1.88 bits per heavy atom. The Balaban J connectivity index is 4.32. The van der Waals surface area contributed by atoms with Crippen LogP contribution in [0.5, 0.6) is 0 Å². The minimum Gasteiger partial charge on any atom is -0.481 e. The number of carboxylic acids is 1. The Morgan fingerprint density at radius 3 is 2.35 bits per heavy atom. The summed E-state index contributed by atoms with van der Waals surface area (Å²) in [5.74, 6) is -1.15. The first kappa shape index (κ1) is 15.9. The van der Waals surface area contributed by atoms with Crippen LogP contribution in [0.25, 0.3) is 0 Å². The molecule has 0 rings (SSSR count). The lowest BCUT2D eigenvalue weighted by Gasteiger charge is -2.28. The molecule has 0 saturated carbocycles. The minimum absolute atomic E-state index is 0.00705. The van der Waals surface area contributed by atoms with Crippen molar-refractivity contribution < 1.29 is 24.2 Å². The van der Waals surface area contributed by atoms with Crippen LogP contribution in [0.3, 0.4) is 0 Å². The number of carbonyl (C=O) groups is 2. The summed E-state index contributed by atoms with van der Waals surface area (Å²) < 4.78 is 9.91. The van der Waals surface area contributed by atoms with Gasteiger partial charge in [0.1, 0.15) is 0 Å². The third-order valence-electron chi connectivity index (χ3n) is 2.35. The Kier molecular flexibility index (Phi) is 8.35. The lowest BCUT2D eigenvalue weighted by Crippen LogP contribution is -2.43. The molecule has 1 unspecified atom stereocenters. The summed E-state index contributed by atoms with van der Waals surface area (Å²) in [6, 6.07) is -0.0866. The van der Waals surface area contributed by atoms with Gasteiger partial charge in [-0.2, -0.15) is 0 Å². The summed E-state index contributed by atoms with van der Waals surface area (Å²) in [7, 11) is 3.12. The quantitative estimate of drug-likeness (QED) is 0.636. The molecule has 0 aliphatic carbocycles. The molecular formula is C11H21NO5. The highest BCUT2D eigenvalue weighted by atomic mass is 16.5. The fourth-order valence-corrected chi connectivity index (χ4v) is 1.47. The monoisotopic (exact) mass is 247 g/mol. The van der Waals surface area contributed by atoms with Gasteiger partial charge in [-0.15, -0.1) is 0 Å². The first-order valence-electron chi connectivity index (χ1n) is 5.52. The maximum atomic E-state index is 11.8. The number of hydrogen-bond donors (Lipinski definition) is 1. The fraction of sp³-hybridized carbons (Fsp3) is 0.818. The average molecular weight is 247 g/mol. The number of nitrogens with zero attached hydrogens (tertiary/aromatic N) is 1. The smallest absolute Gasteiger partial charge is 0.303 e. The molecule has 0 spiro atoms. The zero-order chi connectivity index (χ0) is 13.3. The molecule has 6 nitrogen and oxygen atoms in total. The number of ether oxygens (including phenoxy) is 2. The lowest BCUT2D eigenvalue weighted by atomic mass is 10.2. The van der Waals surface area contributed by atoms with E-state index in [2.05, 4.69) is 0 Å². The second-order valence-electron chi connectivity index (χ2n) is 3.78. The Bertz CT molecular complexity index is 244. The van der Waals surface area contributed by atoms with E-state index in [1.165, 1.54) is 0 Å². The SMILES string of the molecule is COCCN(C(=O)CCC(=O)O)C(C)COC. The maximum absolute atomic E-state index is 11.8. The molecule has 0 aromatic carbocycles. The molecule has 0 aromatic heterocycles. The van der Waals surface area contributed by atoms with Gasteiger partial charge in [-0.05, 0) is 6.92 Å². The van der Waals surface area contributed by atoms with Crippen molar-refractivity contribution in [1.29, 1.82) is 0 Å². The summed E-state index contributed by atoms with van der Waals surface area (Å²) in [5, 5.41) is 8.54. The van der Waals surface area contributed by atoms with Crippen LogP contribution in [-0.4, -0.2) is 61.9 Å². The molecule has 0 bridgehead atoms. The second kappa shape index (κ2) is 8.95. The van der Waals surface area contributed by atoms with E-state index in [-0.39, 0.29) is 24.8 Å². The number of hydrogen-bond acceptors (Lipinski definition) is 4. The summed E-state index contributed by atoms with van der Waals surface area (Å²) >= 11 is 0. The van der Waals surface area contributed by atoms with E-state index in [4.69, 9.17) is 14.6 Å². The van der Waals surface area contributed by atoms with Gasteiger partial charge in [-0.3, -0.25) is 9.59 Å². The van der Waals surface area contributed by atoms with Crippen LogP contribution in [0.2, 0.25) is 0 Å². The van der Waals surface area contributed by atoms with Gasteiger partial charge in [0.25, 0.3) is 0 Å². The number of methoxy groups -OCH3 is 2. The Hall–Kier alpha value is -1.14. The molecule has 0 aliphatic heterocycles. The average Bonchev–Trinajstić information content (AvgIpc) is 2.27. The van der Waals surface area contributed by atoms with Crippen LogP contribution in [0, 0.1) is 0 Å². The molecule has 6 heteroatoms. The van der Waals surface area contributed by atoms with Crippen LogP contribution >= 0.6 is 0 Å². The van der Waals surface area contributed by atoms with Gasteiger partial charge in [0.2, 0.25) is 5.91 Å². The van der Waals surface area contributed by atoms with Gasteiger partial charge in [0.15, 0.2) is 0 Å². The molecule has 1 atom stereocenters. The predicted octanol–water partition coefficient (Wildman–Crippen LogP) is 0.361. The number of aliphatic carboxylic acids is 1. The largest absolute Gasteiger partial charge is 0.481 e. The molecule has 0 fully saturated rings. The number of carboxylic acid groups (broad SMARTS) is 1. The second-order valence-corrected chi connectivity index (χ2v) is 3.78. The van der Waals surface area contributed by atoms with E-state index >= 15 is 0 Å². The Labute approximate surface area is 101 Å².